The summed E-state index contributed by atoms with van der Waals surface area (Å²) in [7, 11) is 0. The molecule has 6 heteroatoms. The maximum atomic E-state index is 13.3. The van der Waals surface area contributed by atoms with Crippen LogP contribution in [0.25, 0.3) is 10.2 Å². The first-order valence-corrected chi connectivity index (χ1v) is 10.3. The van der Waals surface area contributed by atoms with E-state index >= 15 is 0 Å². The molecule has 3 heterocycles. The average molecular weight is 377 g/mol. The zero-order chi connectivity index (χ0) is 18.2. The molecule has 0 amide bonds. The van der Waals surface area contributed by atoms with Gasteiger partial charge in [0.25, 0.3) is 5.56 Å². The molecule has 3 rings (SSSR count). The van der Waals surface area contributed by atoms with E-state index in [1.807, 2.05) is 13.0 Å². The van der Waals surface area contributed by atoms with Gasteiger partial charge in [-0.25, -0.2) is 4.98 Å². The molecule has 25 heavy (non-hydrogen) atoms. The highest BCUT2D eigenvalue weighted by atomic mass is 32.2. The molecule has 2 aromatic heterocycles. The van der Waals surface area contributed by atoms with Crippen LogP contribution in [0.2, 0.25) is 0 Å². The fourth-order valence-electron chi connectivity index (χ4n) is 3.01. The summed E-state index contributed by atoms with van der Waals surface area (Å²) in [4.78, 5) is 20.1. The van der Waals surface area contributed by atoms with E-state index in [9.17, 15) is 4.79 Å². The zero-order valence-electron chi connectivity index (χ0n) is 15.1. The number of hydrogen-bond donors (Lipinski definition) is 0. The van der Waals surface area contributed by atoms with Gasteiger partial charge in [-0.3, -0.25) is 9.36 Å². The summed E-state index contributed by atoms with van der Waals surface area (Å²) in [6.45, 7) is 15.0. The molecule has 0 aliphatic carbocycles. The molecule has 1 aliphatic rings. The molecule has 1 unspecified atom stereocenters. The van der Waals surface area contributed by atoms with E-state index in [0.717, 1.165) is 50.0 Å². The smallest absolute Gasteiger partial charge is 0.263 e. The first-order valence-electron chi connectivity index (χ1n) is 8.45. The number of nitrogens with zero attached hydrogens (tertiary/aromatic N) is 2. The Morgan fingerprint density at radius 3 is 2.96 bits per heavy atom. The Balaban J connectivity index is 2.20. The highest BCUT2D eigenvalue weighted by Gasteiger charge is 2.33. The van der Waals surface area contributed by atoms with Gasteiger partial charge in [0, 0.05) is 23.6 Å². The second kappa shape index (κ2) is 7.09. The number of allylic oxidation sites excluding steroid dienone is 1. The van der Waals surface area contributed by atoms with Crippen LogP contribution in [0.1, 0.15) is 37.6 Å². The number of ether oxygens (including phenoxy) is 1. The summed E-state index contributed by atoms with van der Waals surface area (Å²) >= 11 is 3.13. The minimum Gasteiger partial charge on any atom is -0.369 e. The monoisotopic (exact) mass is 376 g/mol. The number of rotatable bonds is 6. The van der Waals surface area contributed by atoms with E-state index in [-0.39, 0.29) is 11.2 Å². The topological polar surface area (TPSA) is 44.1 Å². The number of thioether (sulfide) groups is 1. The van der Waals surface area contributed by atoms with E-state index in [4.69, 9.17) is 9.72 Å². The molecule has 1 atom stereocenters. The summed E-state index contributed by atoms with van der Waals surface area (Å²) in [5.74, 6) is 0.718. The lowest BCUT2D eigenvalue weighted by molar-refractivity contribution is -0.0543. The maximum Gasteiger partial charge on any atom is 0.263 e. The summed E-state index contributed by atoms with van der Waals surface area (Å²) in [5, 5.41) is 1.50. The zero-order valence-corrected chi connectivity index (χ0v) is 16.7. The van der Waals surface area contributed by atoms with Crippen LogP contribution >= 0.6 is 23.1 Å². The molecule has 0 N–H and O–H groups in total. The summed E-state index contributed by atoms with van der Waals surface area (Å²) in [6, 6.07) is 0. The number of aromatic nitrogens is 2. The Kier molecular flexibility index (Phi) is 5.23. The van der Waals surface area contributed by atoms with Crippen LogP contribution in [-0.4, -0.2) is 20.9 Å². The van der Waals surface area contributed by atoms with Gasteiger partial charge in [-0.1, -0.05) is 36.9 Å². The van der Waals surface area contributed by atoms with Gasteiger partial charge < -0.3 is 4.74 Å². The van der Waals surface area contributed by atoms with E-state index in [0.29, 0.717) is 13.2 Å². The molecule has 0 bridgehead atoms. The molecule has 0 aromatic carbocycles. The van der Waals surface area contributed by atoms with Crippen molar-refractivity contribution < 1.29 is 4.74 Å². The molecule has 1 aliphatic heterocycles. The van der Waals surface area contributed by atoms with Gasteiger partial charge >= 0.3 is 0 Å². The van der Waals surface area contributed by atoms with E-state index in [1.165, 1.54) is 11.8 Å². The van der Waals surface area contributed by atoms with Crippen molar-refractivity contribution in [2.45, 2.75) is 57.5 Å². The highest BCUT2D eigenvalue weighted by molar-refractivity contribution is 7.99. The predicted octanol–water partition coefficient (Wildman–Crippen LogP) is 4.55. The Morgan fingerprint density at radius 1 is 1.56 bits per heavy atom. The molecule has 0 saturated carbocycles. The van der Waals surface area contributed by atoms with Gasteiger partial charge in [-0.15, -0.1) is 17.9 Å². The lowest BCUT2D eigenvalue weighted by atomic mass is 9.90. The molecule has 0 spiro atoms. The van der Waals surface area contributed by atoms with E-state index in [2.05, 4.69) is 27.0 Å². The van der Waals surface area contributed by atoms with Crippen molar-refractivity contribution in [1.29, 1.82) is 0 Å². The van der Waals surface area contributed by atoms with Gasteiger partial charge in [0.1, 0.15) is 4.83 Å². The van der Waals surface area contributed by atoms with Crippen molar-refractivity contribution >= 4 is 33.3 Å². The molecule has 0 saturated heterocycles. The molecular weight excluding hydrogens is 352 g/mol. The van der Waals surface area contributed by atoms with Crippen molar-refractivity contribution in [3.63, 3.8) is 0 Å². The van der Waals surface area contributed by atoms with Crippen LogP contribution < -0.4 is 5.56 Å². The van der Waals surface area contributed by atoms with Crippen LogP contribution in [0.4, 0.5) is 0 Å². The minimum absolute atomic E-state index is 0.0393. The first-order chi connectivity index (χ1) is 11.9. The second-order valence-corrected chi connectivity index (χ2v) is 8.87. The standard InChI is InChI=1S/C19H24N2O2S2/c1-6-8-24-18-20-16-15(17(22)21(18)10-12(3)4)13-9-19(5,7-2)23-11-14(13)25-16/h6H,1,3,7-11H2,2,4-5H3. The second-order valence-electron chi connectivity index (χ2n) is 6.80. The van der Waals surface area contributed by atoms with Gasteiger partial charge in [0.05, 0.1) is 17.6 Å². The van der Waals surface area contributed by atoms with Gasteiger partial charge in [-0.2, -0.15) is 0 Å². The molecule has 2 aromatic rings. The number of fused-ring (bicyclic) bond motifs is 3. The van der Waals surface area contributed by atoms with Crippen LogP contribution in [0.5, 0.6) is 0 Å². The van der Waals surface area contributed by atoms with Crippen LogP contribution in [0.3, 0.4) is 0 Å². The molecule has 134 valence electrons. The van der Waals surface area contributed by atoms with Crippen molar-refractivity contribution in [2.24, 2.45) is 0 Å². The number of hydrogen-bond acceptors (Lipinski definition) is 5. The lowest BCUT2D eigenvalue weighted by Gasteiger charge is -2.32. The third-order valence-electron chi connectivity index (χ3n) is 4.57. The molecular formula is C19H24N2O2S2. The Bertz CT molecular complexity index is 897. The number of thiophene rings is 1. The summed E-state index contributed by atoms with van der Waals surface area (Å²) < 4.78 is 7.80. The van der Waals surface area contributed by atoms with Crippen molar-refractivity contribution in [3.8, 4) is 0 Å². The van der Waals surface area contributed by atoms with E-state index in [1.54, 1.807) is 15.9 Å². The Morgan fingerprint density at radius 2 is 2.32 bits per heavy atom. The summed E-state index contributed by atoms with van der Waals surface area (Å²) in [5.41, 5.74) is 1.90. The third-order valence-corrected chi connectivity index (χ3v) is 6.64. The summed E-state index contributed by atoms with van der Waals surface area (Å²) in [6.07, 6.45) is 3.51. The third kappa shape index (κ3) is 3.48. The van der Waals surface area contributed by atoms with Crippen LogP contribution in [-0.2, 0) is 24.3 Å². The van der Waals surface area contributed by atoms with Crippen molar-refractivity contribution in [1.82, 2.24) is 9.55 Å². The highest BCUT2D eigenvalue weighted by Crippen LogP contribution is 2.38. The quantitative estimate of drug-likeness (QED) is 0.421. The predicted molar refractivity (Wildman–Crippen MR) is 107 cm³/mol. The van der Waals surface area contributed by atoms with Gasteiger partial charge in [-0.05, 0) is 25.8 Å². The fourth-order valence-corrected chi connectivity index (χ4v) is 4.89. The molecule has 0 fully saturated rings. The average Bonchev–Trinajstić information content (AvgIpc) is 2.93. The fraction of sp³-hybridized carbons (Fsp3) is 0.474. The maximum absolute atomic E-state index is 13.3. The molecule has 0 radical (unpaired) electrons. The van der Waals surface area contributed by atoms with Crippen LogP contribution in [0, 0.1) is 0 Å². The van der Waals surface area contributed by atoms with Crippen molar-refractivity contribution in [2.75, 3.05) is 5.75 Å². The van der Waals surface area contributed by atoms with Crippen LogP contribution in [0.15, 0.2) is 34.8 Å². The lowest BCUT2D eigenvalue weighted by Crippen LogP contribution is -2.34. The van der Waals surface area contributed by atoms with E-state index < -0.39 is 0 Å². The SMILES string of the molecule is C=CCSc1nc2sc3c(c2c(=O)n1CC(=C)C)CC(C)(CC)OC3. The first kappa shape index (κ1) is 18.4. The van der Waals surface area contributed by atoms with Gasteiger partial charge in [0.2, 0.25) is 0 Å². The van der Waals surface area contributed by atoms with Gasteiger partial charge in [0.15, 0.2) is 5.16 Å². The van der Waals surface area contributed by atoms with Crippen molar-refractivity contribution in [3.05, 3.63) is 45.6 Å². The Hall–Kier alpha value is -1.37. The normalized spacial score (nSPS) is 19.8. The molecule has 4 nitrogen and oxygen atoms in total. The largest absolute Gasteiger partial charge is 0.369 e. The minimum atomic E-state index is -0.205. The Labute approximate surface area is 156 Å².